The summed E-state index contributed by atoms with van der Waals surface area (Å²) in [6.07, 6.45) is 4.79. The summed E-state index contributed by atoms with van der Waals surface area (Å²) in [5, 5.41) is 0. The predicted octanol–water partition coefficient (Wildman–Crippen LogP) is 2.75. The minimum atomic E-state index is 0.149. The molecule has 1 aliphatic heterocycles. The summed E-state index contributed by atoms with van der Waals surface area (Å²) < 4.78 is 11.9. The van der Waals surface area contributed by atoms with Gasteiger partial charge in [0.05, 0.1) is 41.6 Å². The molecule has 1 aliphatic rings. The number of ether oxygens (including phenoxy) is 2. The zero-order valence-corrected chi connectivity index (χ0v) is 13.3. The highest BCUT2D eigenvalue weighted by atomic mass is 32.2. The number of hydrogen-bond acceptors (Lipinski definition) is 6. The summed E-state index contributed by atoms with van der Waals surface area (Å²) in [4.78, 5) is 8.81. The van der Waals surface area contributed by atoms with Crippen molar-refractivity contribution in [3.63, 3.8) is 0 Å². The average Bonchev–Trinajstić information content (AvgIpc) is 2.98. The lowest BCUT2D eigenvalue weighted by Gasteiger charge is -2.11. The van der Waals surface area contributed by atoms with Gasteiger partial charge in [-0.25, -0.2) is 0 Å². The minimum absolute atomic E-state index is 0.149. The Labute approximate surface area is 129 Å². The first kappa shape index (κ1) is 15.4. The van der Waals surface area contributed by atoms with Gasteiger partial charge in [-0.15, -0.1) is 11.8 Å². The summed E-state index contributed by atoms with van der Waals surface area (Å²) >= 11 is 6.68. The first-order valence-electron chi connectivity index (χ1n) is 6.47. The van der Waals surface area contributed by atoms with E-state index in [4.69, 9.17) is 21.7 Å². The van der Waals surface area contributed by atoms with Crippen molar-refractivity contribution in [2.24, 2.45) is 4.99 Å². The van der Waals surface area contributed by atoms with E-state index in [1.54, 1.807) is 18.0 Å². The van der Waals surface area contributed by atoms with Crippen molar-refractivity contribution < 1.29 is 9.47 Å². The third-order valence-electron chi connectivity index (χ3n) is 2.97. The van der Waals surface area contributed by atoms with Crippen molar-refractivity contribution in [1.29, 1.82) is 0 Å². The fourth-order valence-electron chi connectivity index (χ4n) is 1.79. The Balaban J connectivity index is 1.94. The molecule has 1 aromatic rings. The Bertz CT molecular complexity index is 482. The maximum atomic E-state index is 5.77. The molecule has 0 bridgehead atoms. The lowest BCUT2D eigenvalue weighted by molar-refractivity contribution is 0.141. The van der Waals surface area contributed by atoms with Crippen molar-refractivity contribution in [3.8, 4) is 5.75 Å². The highest BCUT2D eigenvalue weighted by Crippen LogP contribution is 2.16. The Morgan fingerprint density at radius 3 is 3.05 bits per heavy atom. The molecule has 0 N–H and O–H groups in total. The molecule has 1 saturated heterocycles. The van der Waals surface area contributed by atoms with Crippen molar-refractivity contribution in [1.82, 2.24) is 4.98 Å². The van der Waals surface area contributed by atoms with Gasteiger partial charge < -0.3 is 9.47 Å². The highest BCUT2D eigenvalue weighted by molar-refractivity contribution is 8.22. The van der Waals surface area contributed by atoms with Crippen LogP contribution in [0.15, 0.2) is 23.3 Å². The second-order valence-electron chi connectivity index (χ2n) is 4.46. The van der Waals surface area contributed by atoms with E-state index in [9.17, 15) is 0 Å². The zero-order valence-electron chi connectivity index (χ0n) is 11.7. The molecule has 6 heteroatoms. The molecule has 1 atom stereocenters. The van der Waals surface area contributed by atoms with Crippen LogP contribution in [-0.4, -0.2) is 47.0 Å². The Morgan fingerprint density at radius 2 is 2.45 bits per heavy atom. The van der Waals surface area contributed by atoms with Gasteiger partial charge in [-0.3, -0.25) is 9.98 Å². The third kappa shape index (κ3) is 4.54. The van der Waals surface area contributed by atoms with Crippen LogP contribution in [0.4, 0.5) is 0 Å². The molecule has 0 aliphatic carbocycles. The van der Waals surface area contributed by atoms with Gasteiger partial charge >= 0.3 is 0 Å². The number of aliphatic imine (C=N–C) groups is 1. The molecule has 0 radical (unpaired) electrons. The fraction of sp³-hybridized carbons (Fsp3) is 0.500. The summed E-state index contributed by atoms with van der Waals surface area (Å²) in [6.45, 7) is 3.93. The van der Waals surface area contributed by atoms with Gasteiger partial charge in [0.2, 0.25) is 0 Å². The molecular formula is C14H18N2O2S2. The normalized spacial score (nSPS) is 19.1. The standard InChI is InChI=1S/C14H18N2O2S2/c1-10(15-8-14(19)20-2)13-4-3-11(7-16-13)18-12-5-6-17-9-12/h3-4,7,12H,5-6,8-9H2,1-2H3/t12-/m0/s1. The number of hydrogen-bond donors (Lipinski definition) is 0. The van der Waals surface area contributed by atoms with E-state index in [0.29, 0.717) is 13.2 Å². The molecule has 0 aromatic carbocycles. The van der Waals surface area contributed by atoms with Gasteiger partial charge in [0.25, 0.3) is 0 Å². The Kier molecular flexibility index (Phi) is 5.94. The number of pyridine rings is 1. The van der Waals surface area contributed by atoms with Crippen LogP contribution in [0.3, 0.4) is 0 Å². The van der Waals surface area contributed by atoms with Gasteiger partial charge in [0, 0.05) is 6.42 Å². The van der Waals surface area contributed by atoms with Crippen molar-refractivity contribution >= 4 is 33.9 Å². The summed E-state index contributed by atoms with van der Waals surface area (Å²) in [5.41, 5.74) is 1.74. The van der Waals surface area contributed by atoms with E-state index in [1.165, 1.54) is 0 Å². The molecular weight excluding hydrogens is 292 g/mol. The molecule has 0 amide bonds. The molecule has 0 unspecified atom stereocenters. The number of rotatable bonds is 5. The molecule has 0 saturated carbocycles. The van der Waals surface area contributed by atoms with Gasteiger partial charge in [-0.05, 0) is 25.3 Å². The molecule has 4 nitrogen and oxygen atoms in total. The summed E-state index contributed by atoms with van der Waals surface area (Å²) in [5.74, 6) is 0.775. The van der Waals surface area contributed by atoms with E-state index >= 15 is 0 Å². The second kappa shape index (κ2) is 7.71. The van der Waals surface area contributed by atoms with Gasteiger partial charge in [-0.1, -0.05) is 12.2 Å². The second-order valence-corrected chi connectivity index (χ2v) is 6.11. The quantitative estimate of drug-likeness (QED) is 0.618. The predicted molar refractivity (Wildman–Crippen MR) is 87.3 cm³/mol. The topological polar surface area (TPSA) is 43.7 Å². The number of aromatic nitrogens is 1. The van der Waals surface area contributed by atoms with Gasteiger partial charge in [-0.2, -0.15) is 0 Å². The summed E-state index contributed by atoms with van der Waals surface area (Å²) in [6, 6.07) is 3.85. The maximum absolute atomic E-state index is 5.77. The smallest absolute Gasteiger partial charge is 0.138 e. The molecule has 108 valence electrons. The van der Waals surface area contributed by atoms with Crippen LogP contribution in [0.2, 0.25) is 0 Å². The largest absolute Gasteiger partial charge is 0.486 e. The Hall–Kier alpha value is -0.980. The first-order chi connectivity index (χ1) is 9.69. The number of nitrogens with zero attached hydrogens (tertiary/aromatic N) is 2. The fourth-order valence-corrected chi connectivity index (χ4v) is 2.05. The molecule has 1 fully saturated rings. The van der Waals surface area contributed by atoms with Crippen molar-refractivity contribution in [2.75, 3.05) is 26.0 Å². The van der Waals surface area contributed by atoms with Crippen LogP contribution in [0.1, 0.15) is 19.0 Å². The molecule has 1 aromatic heterocycles. The van der Waals surface area contributed by atoms with E-state index < -0.39 is 0 Å². The van der Waals surface area contributed by atoms with Gasteiger partial charge in [0.15, 0.2) is 0 Å². The lowest BCUT2D eigenvalue weighted by atomic mass is 10.2. The molecule has 2 rings (SSSR count). The highest BCUT2D eigenvalue weighted by Gasteiger charge is 2.17. The van der Waals surface area contributed by atoms with Gasteiger partial charge in [0.1, 0.15) is 11.9 Å². The van der Waals surface area contributed by atoms with E-state index in [0.717, 1.165) is 34.4 Å². The summed E-state index contributed by atoms with van der Waals surface area (Å²) in [7, 11) is 0. The zero-order chi connectivity index (χ0) is 14.4. The van der Waals surface area contributed by atoms with Crippen molar-refractivity contribution in [2.45, 2.75) is 19.4 Å². The average molecular weight is 310 g/mol. The lowest BCUT2D eigenvalue weighted by Crippen LogP contribution is -2.15. The number of thioether (sulfide) groups is 1. The third-order valence-corrected chi connectivity index (χ3v) is 4.18. The SMILES string of the molecule is CSC(=S)CN=C(C)c1ccc(O[C@H]2CCOC2)cn1. The minimum Gasteiger partial charge on any atom is -0.486 e. The van der Waals surface area contributed by atoms with Crippen LogP contribution in [0.5, 0.6) is 5.75 Å². The van der Waals surface area contributed by atoms with Crippen LogP contribution >= 0.6 is 24.0 Å². The monoisotopic (exact) mass is 310 g/mol. The first-order valence-corrected chi connectivity index (χ1v) is 8.11. The maximum Gasteiger partial charge on any atom is 0.138 e. The molecule has 20 heavy (non-hydrogen) atoms. The van der Waals surface area contributed by atoms with E-state index in [2.05, 4.69) is 9.98 Å². The van der Waals surface area contributed by atoms with Crippen molar-refractivity contribution in [3.05, 3.63) is 24.0 Å². The van der Waals surface area contributed by atoms with Crippen LogP contribution in [0, 0.1) is 0 Å². The van der Waals surface area contributed by atoms with Crippen LogP contribution < -0.4 is 4.74 Å². The van der Waals surface area contributed by atoms with Crippen LogP contribution in [0.25, 0.3) is 0 Å². The van der Waals surface area contributed by atoms with E-state index in [-0.39, 0.29) is 6.10 Å². The van der Waals surface area contributed by atoms with E-state index in [1.807, 2.05) is 25.3 Å². The molecule has 2 heterocycles. The van der Waals surface area contributed by atoms with Crippen LogP contribution in [-0.2, 0) is 4.74 Å². The number of thiocarbonyl (C=S) groups is 1. The molecule has 0 spiro atoms. The Morgan fingerprint density at radius 1 is 1.60 bits per heavy atom.